The van der Waals surface area contributed by atoms with Crippen LogP contribution in [0.1, 0.15) is 149 Å². The lowest BCUT2D eigenvalue weighted by atomic mass is 10.1. The molecule has 1 unspecified atom stereocenters. The van der Waals surface area contributed by atoms with Crippen LogP contribution in [0.5, 0.6) is 0 Å². The Hall–Kier alpha value is -2.48. The summed E-state index contributed by atoms with van der Waals surface area (Å²) < 4.78 is 47.7. The van der Waals surface area contributed by atoms with E-state index in [0.717, 1.165) is 77.0 Å². The summed E-state index contributed by atoms with van der Waals surface area (Å²) in [7, 11) is -9.71. The number of phosphoric acid groups is 2. The number of hydrogen-bond donors (Lipinski definition) is 5. The lowest BCUT2D eigenvalue weighted by Gasteiger charge is -2.20. The van der Waals surface area contributed by atoms with E-state index in [0.29, 0.717) is 19.3 Å². The van der Waals surface area contributed by atoms with Crippen LogP contribution in [0.2, 0.25) is 0 Å². The lowest BCUT2D eigenvalue weighted by molar-refractivity contribution is -0.161. The van der Waals surface area contributed by atoms with Crippen LogP contribution in [-0.4, -0.2) is 81.6 Å². The molecule has 0 aliphatic heterocycles. The molecule has 14 nitrogen and oxygen atoms in total. The Bertz CT molecular complexity index is 1350. The molecule has 0 saturated heterocycles. The van der Waals surface area contributed by atoms with Crippen molar-refractivity contribution in [2.75, 3.05) is 26.4 Å². The van der Waals surface area contributed by atoms with Gasteiger partial charge in [0.1, 0.15) is 12.7 Å². The molecule has 0 radical (unpaired) electrons. The van der Waals surface area contributed by atoms with Crippen molar-refractivity contribution in [2.24, 2.45) is 0 Å². The highest BCUT2D eigenvalue weighted by molar-refractivity contribution is 7.47. The maximum Gasteiger partial charge on any atom is 0.472 e. The van der Waals surface area contributed by atoms with Crippen molar-refractivity contribution >= 4 is 27.6 Å². The summed E-state index contributed by atoms with van der Waals surface area (Å²) >= 11 is 0. The van der Waals surface area contributed by atoms with Crippen molar-refractivity contribution in [3.05, 3.63) is 72.9 Å². The average Bonchev–Trinajstić information content (AvgIpc) is 3.19. The Morgan fingerprint density at radius 2 is 1.03 bits per heavy atom. The number of allylic oxidation sites excluding steroid dienone is 12. The second-order valence-electron chi connectivity index (χ2n) is 14.6. The average molecular weight is 891 g/mol. The molecule has 0 rings (SSSR count). The van der Waals surface area contributed by atoms with E-state index in [1.165, 1.54) is 25.7 Å². The van der Waals surface area contributed by atoms with E-state index in [1.807, 2.05) is 12.2 Å². The SMILES string of the molecule is CCCCCC/C=C\C=C/CCCCCCCC(=O)O[C@H](COC(=O)CCC/C=C\C/C=C\C/C=C\C/C=C\CCC[C@@H](C)O)COP(=O)(O)OC[C@@H](O)COP(=O)(O)O. The number of phosphoric ester groups is 2. The van der Waals surface area contributed by atoms with Gasteiger partial charge in [-0.1, -0.05) is 118 Å². The van der Waals surface area contributed by atoms with Crippen molar-refractivity contribution in [1.82, 2.24) is 0 Å². The van der Waals surface area contributed by atoms with Gasteiger partial charge in [-0.3, -0.25) is 23.2 Å². The van der Waals surface area contributed by atoms with Gasteiger partial charge < -0.3 is 34.4 Å². The molecule has 0 aliphatic rings. The molecule has 0 aliphatic carbocycles. The largest absolute Gasteiger partial charge is 0.472 e. The van der Waals surface area contributed by atoms with Crippen LogP contribution in [-0.2, 0) is 41.8 Å². The maximum absolute atomic E-state index is 12.6. The Morgan fingerprint density at radius 3 is 1.62 bits per heavy atom. The molecule has 0 heterocycles. The number of carbonyl (C=O) groups excluding carboxylic acids is 2. The minimum atomic E-state index is -4.88. The molecular weight excluding hydrogens is 814 g/mol. The fourth-order valence-corrected chi connectivity index (χ4v) is 6.45. The zero-order chi connectivity index (χ0) is 44.6. The van der Waals surface area contributed by atoms with Gasteiger partial charge in [-0.25, -0.2) is 9.13 Å². The zero-order valence-electron chi connectivity index (χ0n) is 36.1. The highest BCUT2D eigenvalue weighted by Gasteiger charge is 2.28. The number of aliphatic hydroxyl groups is 2. The molecule has 0 aromatic carbocycles. The normalized spacial score (nSPS) is 15.2. The fourth-order valence-electron chi connectivity index (χ4n) is 5.29. The van der Waals surface area contributed by atoms with Gasteiger partial charge in [-0.05, 0) is 90.4 Å². The van der Waals surface area contributed by atoms with Gasteiger partial charge in [0.2, 0.25) is 0 Å². The monoisotopic (exact) mass is 890 g/mol. The van der Waals surface area contributed by atoms with E-state index >= 15 is 0 Å². The van der Waals surface area contributed by atoms with Crippen molar-refractivity contribution in [2.45, 2.75) is 167 Å². The summed E-state index contributed by atoms with van der Waals surface area (Å²) in [5.74, 6) is -1.14. The maximum atomic E-state index is 12.6. The number of esters is 2. The predicted molar refractivity (Wildman–Crippen MR) is 236 cm³/mol. The van der Waals surface area contributed by atoms with Crippen molar-refractivity contribution in [3.63, 3.8) is 0 Å². The van der Waals surface area contributed by atoms with Gasteiger partial charge >= 0.3 is 27.6 Å². The van der Waals surface area contributed by atoms with Crippen LogP contribution in [0, 0.1) is 0 Å². The molecule has 0 fully saturated rings. The predicted octanol–water partition coefficient (Wildman–Crippen LogP) is 9.98. The van der Waals surface area contributed by atoms with E-state index in [-0.39, 0.29) is 18.9 Å². The van der Waals surface area contributed by atoms with E-state index in [9.17, 15) is 33.8 Å². The third-order valence-electron chi connectivity index (χ3n) is 8.60. The van der Waals surface area contributed by atoms with Crippen LogP contribution >= 0.6 is 15.6 Å². The lowest BCUT2D eigenvalue weighted by Crippen LogP contribution is -2.30. The van der Waals surface area contributed by atoms with E-state index in [1.54, 1.807) is 6.92 Å². The topological polar surface area (TPSA) is 216 Å². The van der Waals surface area contributed by atoms with Gasteiger partial charge in [0.05, 0.1) is 25.9 Å². The molecule has 0 saturated carbocycles. The first-order chi connectivity index (χ1) is 28.7. The molecular formula is C44H76O14P2. The Balaban J connectivity index is 4.65. The standard InChI is InChI=1S/C44H76O14P2/c1-3-4-5-6-7-8-9-10-12-17-20-23-26-29-32-35-44(48)58-42(39-57-60(52,53)56-37-41(46)36-55-59(49,50)51)38-54-43(47)34-31-28-25-22-19-16-14-11-13-15-18-21-24-27-30-33-40(2)45/h8-10,12-16,21-22,24-25,40-42,45-46H,3-7,11,17-20,23,26-39H2,1-2H3,(H,52,53)(H2,49,50,51)/b9-8-,12-10-,15-13-,16-14-,24-21-,25-22-/t40-,41+,42-/m1/s1. The summed E-state index contributed by atoms with van der Waals surface area (Å²) in [5, 5.41) is 19.0. The molecule has 0 bridgehead atoms. The van der Waals surface area contributed by atoms with Crippen molar-refractivity contribution in [3.8, 4) is 0 Å². The van der Waals surface area contributed by atoms with E-state index in [2.05, 4.69) is 76.7 Å². The summed E-state index contributed by atoms with van der Waals surface area (Å²) in [6, 6.07) is 0. The number of rotatable bonds is 40. The quantitative estimate of drug-likeness (QED) is 0.0127. The molecule has 0 spiro atoms. The molecule has 0 aromatic rings. The van der Waals surface area contributed by atoms with Gasteiger partial charge in [0.15, 0.2) is 6.10 Å². The Labute approximate surface area is 359 Å². The van der Waals surface area contributed by atoms with Crippen molar-refractivity contribution in [1.29, 1.82) is 0 Å². The minimum absolute atomic E-state index is 0.0923. The minimum Gasteiger partial charge on any atom is -0.462 e. The molecule has 0 amide bonds. The second-order valence-corrected chi connectivity index (χ2v) is 17.3. The number of carbonyl (C=O) groups is 2. The molecule has 5 N–H and O–H groups in total. The smallest absolute Gasteiger partial charge is 0.462 e. The summed E-state index contributed by atoms with van der Waals surface area (Å²) in [6.07, 6.45) is 40.3. The van der Waals surface area contributed by atoms with Crippen LogP contribution in [0.3, 0.4) is 0 Å². The number of aliphatic hydroxyl groups excluding tert-OH is 2. The summed E-state index contributed by atoms with van der Waals surface area (Å²) in [4.78, 5) is 52.6. The first-order valence-electron chi connectivity index (χ1n) is 21.7. The zero-order valence-corrected chi connectivity index (χ0v) is 37.9. The molecule has 346 valence electrons. The van der Waals surface area contributed by atoms with Gasteiger partial charge in [0.25, 0.3) is 0 Å². The van der Waals surface area contributed by atoms with E-state index < -0.39 is 66.2 Å². The van der Waals surface area contributed by atoms with Gasteiger partial charge in [-0.2, -0.15) is 0 Å². The molecule has 4 atom stereocenters. The van der Waals surface area contributed by atoms with Crippen LogP contribution < -0.4 is 0 Å². The molecule has 60 heavy (non-hydrogen) atoms. The van der Waals surface area contributed by atoms with Crippen LogP contribution in [0.4, 0.5) is 0 Å². The third kappa shape index (κ3) is 43.6. The first kappa shape index (κ1) is 57.5. The van der Waals surface area contributed by atoms with Gasteiger partial charge in [0, 0.05) is 12.8 Å². The fraction of sp³-hybridized carbons (Fsp3) is 0.682. The van der Waals surface area contributed by atoms with Gasteiger partial charge in [-0.15, -0.1) is 0 Å². The Morgan fingerprint density at radius 1 is 0.550 bits per heavy atom. The Kier molecular flexibility index (Phi) is 37.7. The highest BCUT2D eigenvalue weighted by atomic mass is 31.2. The van der Waals surface area contributed by atoms with Crippen molar-refractivity contribution < 1.29 is 66.7 Å². The molecule has 16 heteroatoms. The number of ether oxygens (including phenoxy) is 2. The van der Waals surface area contributed by atoms with Crippen LogP contribution in [0.25, 0.3) is 0 Å². The summed E-state index contributed by atoms with van der Waals surface area (Å²) in [5.41, 5.74) is 0. The van der Waals surface area contributed by atoms with Crippen LogP contribution in [0.15, 0.2) is 72.9 Å². The number of hydrogen-bond acceptors (Lipinski definition) is 11. The number of unbranched alkanes of at least 4 members (excludes halogenated alkanes) is 11. The molecule has 0 aromatic heterocycles. The highest BCUT2D eigenvalue weighted by Crippen LogP contribution is 2.43. The third-order valence-corrected chi connectivity index (χ3v) is 10.0. The second kappa shape index (κ2) is 39.4. The summed E-state index contributed by atoms with van der Waals surface area (Å²) in [6.45, 7) is 1.19. The first-order valence-corrected chi connectivity index (χ1v) is 24.7. The van der Waals surface area contributed by atoms with E-state index in [4.69, 9.17) is 23.8 Å².